The van der Waals surface area contributed by atoms with Crippen LogP contribution in [0.5, 0.6) is 0 Å². The first-order valence-electron chi connectivity index (χ1n) is 6.74. The molecule has 0 aromatic carbocycles. The smallest absolute Gasteiger partial charge is 0.0948 e. The van der Waals surface area contributed by atoms with E-state index in [4.69, 9.17) is 10.5 Å². The molecule has 0 saturated carbocycles. The third-order valence-corrected chi connectivity index (χ3v) is 3.90. The van der Waals surface area contributed by atoms with Crippen molar-refractivity contribution in [2.45, 2.75) is 45.0 Å². The molecule has 5 nitrogen and oxygen atoms in total. The largest absolute Gasteiger partial charge is 0.381 e. The number of likely N-dealkylation sites (tertiary alicyclic amines) is 1. The second-order valence-electron chi connectivity index (χ2n) is 4.91. The molecule has 1 aromatic rings. The lowest BCUT2D eigenvalue weighted by atomic mass is 9.99. The maximum absolute atomic E-state index is 5.89. The van der Waals surface area contributed by atoms with E-state index in [1.54, 1.807) is 7.11 Å². The van der Waals surface area contributed by atoms with Gasteiger partial charge in [0.2, 0.25) is 0 Å². The van der Waals surface area contributed by atoms with Crippen LogP contribution in [0.1, 0.15) is 25.5 Å². The van der Waals surface area contributed by atoms with Gasteiger partial charge in [-0.15, -0.1) is 0 Å². The summed E-state index contributed by atoms with van der Waals surface area (Å²) in [5.74, 6) is 0. The Bertz CT molecular complexity index is 366. The van der Waals surface area contributed by atoms with Gasteiger partial charge in [-0.25, -0.2) is 4.98 Å². The van der Waals surface area contributed by atoms with Crippen LogP contribution in [0.3, 0.4) is 0 Å². The fourth-order valence-electron chi connectivity index (χ4n) is 2.70. The maximum atomic E-state index is 5.89. The Morgan fingerprint density at radius 1 is 1.56 bits per heavy atom. The molecule has 5 heteroatoms. The number of nitrogens with zero attached hydrogens (tertiary/aromatic N) is 3. The fourth-order valence-corrected chi connectivity index (χ4v) is 2.70. The normalized spacial score (nSPS) is 25.5. The molecular formula is C13H24N4O. The minimum Gasteiger partial charge on any atom is -0.381 e. The summed E-state index contributed by atoms with van der Waals surface area (Å²) in [4.78, 5) is 6.68. The zero-order chi connectivity index (χ0) is 13.0. The molecule has 102 valence electrons. The van der Waals surface area contributed by atoms with Crippen LogP contribution in [-0.4, -0.2) is 46.8 Å². The van der Waals surface area contributed by atoms with E-state index in [0.717, 1.165) is 32.5 Å². The van der Waals surface area contributed by atoms with Crippen LogP contribution >= 0.6 is 0 Å². The molecule has 0 radical (unpaired) electrons. The molecule has 1 fully saturated rings. The number of aromatic nitrogens is 2. The first-order valence-corrected chi connectivity index (χ1v) is 6.74. The van der Waals surface area contributed by atoms with Gasteiger partial charge in [0.15, 0.2) is 0 Å². The van der Waals surface area contributed by atoms with Gasteiger partial charge in [-0.2, -0.15) is 0 Å². The van der Waals surface area contributed by atoms with Gasteiger partial charge in [-0.1, -0.05) is 0 Å². The number of rotatable bonds is 5. The first-order chi connectivity index (χ1) is 8.78. The molecule has 2 heterocycles. The molecule has 0 aliphatic carbocycles. The summed E-state index contributed by atoms with van der Waals surface area (Å²) in [6, 6.07) is 0.420. The Balaban J connectivity index is 2.00. The highest BCUT2D eigenvalue weighted by atomic mass is 16.5. The van der Waals surface area contributed by atoms with Gasteiger partial charge in [-0.3, -0.25) is 4.90 Å². The zero-order valence-electron chi connectivity index (χ0n) is 11.4. The highest BCUT2D eigenvalue weighted by molar-refractivity contribution is 4.99. The lowest BCUT2D eigenvalue weighted by molar-refractivity contribution is 0.00944. The third-order valence-electron chi connectivity index (χ3n) is 3.90. The topological polar surface area (TPSA) is 56.3 Å². The molecule has 1 aliphatic heterocycles. The minimum absolute atomic E-state index is 0.367. The molecule has 1 aromatic heterocycles. The van der Waals surface area contributed by atoms with E-state index >= 15 is 0 Å². The quantitative estimate of drug-likeness (QED) is 0.844. The van der Waals surface area contributed by atoms with Crippen molar-refractivity contribution in [3.05, 3.63) is 18.2 Å². The number of methoxy groups -OCH3 is 1. The van der Waals surface area contributed by atoms with Crippen LogP contribution in [0, 0.1) is 0 Å². The summed E-state index contributed by atoms with van der Waals surface area (Å²) >= 11 is 0. The zero-order valence-corrected chi connectivity index (χ0v) is 11.4. The Hall–Kier alpha value is -0.910. The van der Waals surface area contributed by atoms with Gasteiger partial charge in [-0.05, 0) is 19.8 Å². The Kier molecular flexibility index (Phi) is 4.74. The van der Waals surface area contributed by atoms with E-state index in [2.05, 4.69) is 21.4 Å². The van der Waals surface area contributed by atoms with Gasteiger partial charge in [0.25, 0.3) is 0 Å². The van der Waals surface area contributed by atoms with Crippen molar-refractivity contribution < 1.29 is 4.74 Å². The molecule has 2 N–H and O–H groups in total. The number of ether oxygens (including phenoxy) is 1. The number of aryl methyl sites for hydroxylation is 1. The number of hydrogen-bond acceptors (Lipinski definition) is 4. The molecular weight excluding hydrogens is 228 g/mol. The Morgan fingerprint density at radius 3 is 3.06 bits per heavy atom. The average molecular weight is 252 g/mol. The van der Waals surface area contributed by atoms with Gasteiger partial charge in [0, 0.05) is 45.5 Å². The van der Waals surface area contributed by atoms with Crippen molar-refractivity contribution >= 4 is 0 Å². The van der Waals surface area contributed by atoms with Crippen LogP contribution in [0.4, 0.5) is 0 Å². The van der Waals surface area contributed by atoms with E-state index < -0.39 is 0 Å². The predicted molar refractivity (Wildman–Crippen MR) is 71.2 cm³/mol. The monoisotopic (exact) mass is 252 g/mol. The van der Waals surface area contributed by atoms with E-state index in [0.29, 0.717) is 18.7 Å². The highest BCUT2D eigenvalue weighted by Crippen LogP contribution is 2.21. The van der Waals surface area contributed by atoms with Crippen molar-refractivity contribution in [2.75, 3.05) is 20.2 Å². The summed E-state index contributed by atoms with van der Waals surface area (Å²) < 4.78 is 7.64. The average Bonchev–Trinajstić information content (AvgIpc) is 2.86. The van der Waals surface area contributed by atoms with Crippen LogP contribution < -0.4 is 5.73 Å². The van der Waals surface area contributed by atoms with Crippen molar-refractivity contribution in [1.29, 1.82) is 0 Å². The van der Waals surface area contributed by atoms with Gasteiger partial charge < -0.3 is 15.0 Å². The molecule has 0 amide bonds. The molecule has 0 bridgehead atoms. The summed E-state index contributed by atoms with van der Waals surface area (Å²) in [6.45, 7) is 5.79. The van der Waals surface area contributed by atoms with Crippen molar-refractivity contribution in [2.24, 2.45) is 5.73 Å². The fraction of sp³-hybridized carbons (Fsp3) is 0.769. The van der Waals surface area contributed by atoms with Gasteiger partial charge in [0.05, 0.1) is 18.1 Å². The molecule has 1 saturated heterocycles. The van der Waals surface area contributed by atoms with Crippen molar-refractivity contribution in [3.63, 3.8) is 0 Å². The lowest BCUT2D eigenvalue weighted by Gasteiger charge is -2.38. The minimum atomic E-state index is 0.367. The maximum Gasteiger partial charge on any atom is 0.0948 e. The first kappa shape index (κ1) is 13.5. The molecule has 0 spiro atoms. The van der Waals surface area contributed by atoms with Gasteiger partial charge in [0.1, 0.15) is 0 Å². The molecule has 1 aliphatic rings. The summed E-state index contributed by atoms with van der Waals surface area (Å²) in [5, 5.41) is 0. The third kappa shape index (κ3) is 2.91. The van der Waals surface area contributed by atoms with Crippen molar-refractivity contribution in [3.8, 4) is 0 Å². The number of hydrogen-bond donors (Lipinski definition) is 1. The van der Waals surface area contributed by atoms with E-state index in [1.165, 1.54) is 5.69 Å². The SMILES string of the molecule is CCn1cncc1CN1CCC(OC)CC1CN. The lowest BCUT2D eigenvalue weighted by Crippen LogP contribution is -2.48. The Labute approximate surface area is 109 Å². The standard InChI is InChI=1S/C13H24N4O/c1-3-16-10-15-8-12(16)9-17-5-4-13(18-2)6-11(17)7-14/h8,10-11,13H,3-7,9,14H2,1-2H3. The summed E-state index contributed by atoms with van der Waals surface area (Å²) in [5.41, 5.74) is 7.16. The Morgan fingerprint density at radius 2 is 2.39 bits per heavy atom. The highest BCUT2D eigenvalue weighted by Gasteiger charge is 2.27. The molecule has 18 heavy (non-hydrogen) atoms. The van der Waals surface area contributed by atoms with E-state index in [-0.39, 0.29) is 0 Å². The van der Waals surface area contributed by atoms with Crippen LogP contribution in [0.2, 0.25) is 0 Å². The van der Waals surface area contributed by atoms with E-state index in [1.807, 2.05) is 12.5 Å². The second-order valence-corrected chi connectivity index (χ2v) is 4.91. The van der Waals surface area contributed by atoms with Crippen LogP contribution in [0.15, 0.2) is 12.5 Å². The van der Waals surface area contributed by atoms with Crippen LogP contribution in [0.25, 0.3) is 0 Å². The van der Waals surface area contributed by atoms with E-state index in [9.17, 15) is 0 Å². The summed E-state index contributed by atoms with van der Waals surface area (Å²) in [7, 11) is 1.79. The number of piperidine rings is 1. The number of nitrogens with two attached hydrogens (primary N) is 1. The van der Waals surface area contributed by atoms with Crippen molar-refractivity contribution in [1.82, 2.24) is 14.5 Å². The number of imidazole rings is 1. The predicted octanol–water partition coefficient (Wildman–Crippen LogP) is 0.841. The van der Waals surface area contributed by atoms with Crippen LogP contribution in [-0.2, 0) is 17.8 Å². The molecule has 2 unspecified atom stereocenters. The van der Waals surface area contributed by atoms with Gasteiger partial charge >= 0.3 is 0 Å². The second kappa shape index (κ2) is 6.31. The summed E-state index contributed by atoms with van der Waals surface area (Å²) in [6.07, 6.45) is 6.35. The molecule has 2 atom stereocenters. The molecule has 2 rings (SSSR count).